The third kappa shape index (κ3) is 3.76. The zero-order valence-electron chi connectivity index (χ0n) is 11.8. The van der Waals surface area contributed by atoms with E-state index >= 15 is 0 Å². The molecule has 0 saturated carbocycles. The number of halogens is 1. The van der Waals surface area contributed by atoms with Crippen molar-refractivity contribution in [1.29, 1.82) is 0 Å². The summed E-state index contributed by atoms with van der Waals surface area (Å²) in [4.78, 5) is 12.1. The van der Waals surface area contributed by atoms with Gasteiger partial charge in [0.1, 0.15) is 23.7 Å². The van der Waals surface area contributed by atoms with Gasteiger partial charge >= 0.3 is 5.97 Å². The smallest absolute Gasteiger partial charge is 0.342 e. The van der Waals surface area contributed by atoms with Gasteiger partial charge < -0.3 is 14.2 Å². The van der Waals surface area contributed by atoms with Crippen LogP contribution in [0.15, 0.2) is 46.9 Å². The standard InChI is InChI=1S/C16H15BrO4/c1-19-14-8-7-12(17)9-11(14)10-21-16(18)13-5-3-4-6-15(13)20-2/h3-9H,10H2,1-2H3. The highest BCUT2D eigenvalue weighted by Gasteiger charge is 2.14. The molecule has 0 aliphatic carbocycles. The largest absolute Gasteiger partial charge is 0.496 e. The average molecular weight is 351 g/mol. The van der Waals surface area contributed by atoms with Crippen molar-refractivity contribution in [2.45, 2.75) is 6.61 Å². The van der Waals surface area contributed by atoms with Crippen molar-refractivity contribution in [2.24, 2.45) is 0 Å². The van der Waals surface area contributed by atoms with Crippen LogP contribution in [0.3, 0.4) is 0 Å². The van der Waals surface area contributed by atoms with Crippen LogP contribution in [0.1, 0.15) is 15.9 Å². The molecule has 0 aliphatic rings. The normalized spacial score (nSPS) is 10.0. The van der Waals surface area contributed by atoms with Gasteiger partial charge in [0, 0.05) is 10.0 Å². The maximum Gasteiger partial charge on any atom is 0.342 e. The SMILES string of the molecule is COc1ccc(Br)cc1COC(=O)c1ccccc1OC. The number of para-hydroxylation sites is 1. The third-order valence-electron chi connectivity index (χ3n) is 2.93. The Bertz CT molecular complexity index is 640. The van der Waals surface area contributed by atoms with Crippen molar-refractivity contribution < 1.29 is 19.0 Å². The Morgan fingerprint density at radius 1 is 1.05 bits per heavy atom. The highest BCUT2D eigenvalue weighted by molar-refractivity contribution is 9.10. The summed E-state index contributed by atoms with van der Waals surface area (Å²) in [6.07, 6.45) is 0. The highest BCUT2D eigenvalue weighted by Crippen LogP contribution is 2.25. The lowest BCUT2D eigenvalue weighted by Gasteiger charge is -2.11. The van der Waals surface area contributed by atoms with Crippen LogP contribution in [-0.4, -0.2) is 20.2 Å². The molecule has 0 aromatic heterocycles. The van der Waals surface area contributed by atoms with Crippen LogP contribution >= 0.6 is 15.9 Å². The highest BCUT2D eigenvalue weighted by atomic mass is 79.9. The van der Waals surface area contributed by atoms with Gasteiger partial charge in [0.05, 0.1) is 14.2 Å². The Hall–Kier alpha value is -2.01. The number of ether oxygens (including phenoxy) is 3. The van der Waals surface area contributed by atoms with Gasteiger partial charge in [-0.15, -0.1) is 0 Å². The Morgan fingerprint density at radius 2 is 1.76 bits per heavy atom. The lowest BCUT2D eigenvalue weighted by Crippen LogP contribution is -2.07. The molecule has 0 N–H and O–H groups in total. The first-order valence-corrected chi connectivity index (χ1v) is 7.07. The molecule has 2 aromatic rings. The molecule has 2 rings (SSSR count). The fraction of sp³-hybridized carbons (Fsp3) is 0.188. The second-order valence-electron chi connectivity index (χ2n) is 4.23. The predicted octanol–water partition coefficient (Wildman–Crippen LogP) is 3.82. The minimum Gasteiger partial charge on any atom is -0.496 e. The van der Waals surface area contributed by atoms with Gasteiger partial charge in [0.15, 0.2) is 0 Å². The van der Waals surface area contributed by atoms with E-state index in [0.29, 0.717) is 17.1 Å². The number of hydrogen-bond donors (Lipinski definition) is 0. The van der Waals surface area contributed by atoms with E-state index in [4.69, 9.17) is 14.2 Å². The zero-order chi connectivity index (χ0) is 15.2. The van der Waals surface area contributed by atoms with Crippen LogP contribution in [0.5, 0.6) is 11.5 Å². The number of hydrogen-bond acceptors (Lipinski definition) is 4. The van der Waals surface area contributed by atoms with Gasteiger partial charge in [-0.05, 0) is 30.3 Å². The predicted molar refractivity (Wildman–Crippen MR) is 82.8 cm³/mol. The van der Waals surface area contributed by atoms with E-state index in [1.807, 2.05) is 18.2 Å². The fourth-order valence-electron chi connectivity index (χ4n) is 1.89. The minimum absolute atomic E-state index is 0.124. The molecule has 21 heavy (non-hydrogen) atoms. The van der Waals surface area contributed by atoms with Gasteiger partial charge in [-0.1, -0.05) is 28.1 Å². The third-order valence-corrected chi connectivity index (χ3v) is 3.42. The fourth-order valence-corrected chi connectivity index (χ4v) is 2.30. The van der Waals surface area contributed by atoms with E-state index in [-0.39, 0.29) is 6.61 Å². The van der Waals surface area contributed by atoms with Crippen molar-refractivity contribution >= 4 is 21.9 Å². The summed E-state index contributed by atoms with van der Waals surface area (Å²) < 4.78 is 16.6. The molecule has 0 spiro atoms. The first-order valence-electron chi connectivity index (χ1n) is 6.28. The summed E-state index contributed by atoms with van der Waals surface area (Å²) in [5.74, 6) is 0.726. The van der Waals surface area contributed by atoms with E-state index in [1.54, 1.807) is 31.4 Å². The van der Waals surface area contributed by atoms with Crippen LogP contribution in [0.4, 0.5) is 0 Å². The molecule has 0 aliphatic heterocycles. The molecule has 0 amide bonds. The second kappa shape index (κ2) is 7.13. The van der Waals surface area contributed by atoms with E-state index in [0.717, 1.165) is 10.0 Å². The topological polar surface area (TPSA) is 44.8 Å². The molecule has 4 nitrogen and oxygen atoms in total. The molecule has 0 saturated heterocycles. The molecule has 5 heteroatoms. The Kier molecular flexibility index (Phi) is 5.22. The number of benzene rings is 2. The second-order valence-corrected chi connectivity index (χ2v) is 5.15. The Labute approximate surface area is 131 Å². The van der Waals surface area contributed by atoms with Crippen molar-refractivity contribution in [3.63, 3.8) is 0 Å². The Morgan fingerprint density at radius 3 is 2.48 bits per heavy atom. The summed E-state index contributed by atoms with van der Waals surface area (Å²) in [6, 6.07) is 12.5. The molecule has 0 bridgehead atoms. The summed E-state index contributed by atoms with van der Waals surface area (Å²) in [5, 5.41) is 0. The van der Waals surface area contributed by atoms with E-state index in [1.165, 1.54) is 7.11 Å². The zero-order valence-corrected chi connectivity index (χ0v) is 13.3. The molecule has 0 atom stereocenters. The average Bonchev–Trinajstić information content (AvgIpc) is 2.52. The van der Waals surface area contributed by atoms with Crippen LogP contribution in [0, 0.1) is 0 Å². The van der Waals surface area contributed by atoms with E-state index in [9.17, 15) is 4.79 Å². The number of methoxy groups -OCH3 is 2. The summed E-state index contributed by atoms with van der Waals surface area (Å²) in [7, 11) is 3.10. The van der Waals surface area contributed by atoms with E-state index in [2.05, 4.69) is 15.9 Å². The monoisotopic (exact) mass is 350 g/mol. The van der Waals surface area contributed by atoms with Crippen molar-refractivity contribution in [1.82, 2.24) is 0 Å². The summed E-state index contributed by atoms with van der Waals surface area (Å²) >= 11 is 3.38. The summed E-state index contributed by atoms with van der Waals surface area (Å²) in [6.45, 7) is 0.124. The number of rotatable bonds is 5. The lowest BCUT2D eigenvalue weighted by molar-refractivity contribution is 0.0466. The number of esters is 1. The first kappa shape index (κ1) is 15.4. The molecule has 0 unspecified atom stereocenters. The number of carbonyl (C=O) groups excluding carboxylic acids is 1. The van der Waals surface area contributed by atoms with Crippen molar-refractivity contribution in [3.05, 3.63) is 58.1 Å². The molecule has 110 valence electrons. The van der Waals surface area contributed by atoms with Gasteiger partial charge in [-0.3, -0.25) is 0 Å². The van der Waals surface area contributed by atoms with Crippen molar-refractivity contribution in [3.8, 4) is 11.5 Å². The molecule has 0 heterocycles. The lowest BCUT2D eigenvalue weighted by atomic mass is 10.2. The molecule has 0 fully saturated rings. The maximum absolute atomic E-state index is 12.1. The van der Waals surface area contributed by atoms with Gasteiger partial charge in [0.25, 0.3) is 0 Å². The van der Waals surface area contributed by atoms with Crippen LogP contribution < -0.4 is 9.47 Å². The molecule has 0 radical (unpaired) electrons. The van der Waals surface area contributed by atoms with Gasteiger partial charge in [-0.25, -0.2) is 4.79 Å². The van der Waals surface area contributed by atoms with Gasteiger partial charge in [-0.2, -0.15) is 0 Å². The minimum atomic E-state index is -0.436. The van der Waals surface area contributed by atoms with Crippen LogP contribution in [0.25, 0.3) is 0 Å². The van der Waals surface area contributed by atoms with Gasteiger partial charge in [0.2, 0.25) is 0 Å². The first-order chi connectivity index (χ1) is 10.2. The quantitative estimate of drug-likeness (QED) is 0.769. The molecular formula is C16H15BrO4. The van der Waals surface area contributed by atoms with E-state index < -0.39 is 5.97 Å². The molecular weight excluding hydrogens is 336 g/mol. The van der Waals surface area contributed by atoms with Crippen LogP contribution in [0.2, 0.25) is 0 Å². The summed E-state index contributed by atoms with van der Waals surface area (Å²) in [5.41, 5.74) is 1.18. The maximum atomic E-state index is 12.1. The molecule has 2 aromatic carbocycles. The number of carbonyl (C=O) groups is 1. The van der Waals surface area contributed by atoms with Crippen LogP contribution in [-0.2, 0) is 11.3 Å². The Balaban J connectivity index is 2.13. The van der Waals surface area contributed by atoms with Crippen molar-refractivity contribution in [2.75, 3.05) is 14.2 Å².